The third kappa shape index (κ3) is 5.97. The molecule has 1 aliphatic rings. The highest BCUT2D eigenvalue weighted by Gasteiger charge is 2.22. The summed E-state index contributed by atoms with van der Waals surface area (Å²) in [6, 6.07) is 22.6. The molecule has 34 heavy (non-hydrogen) atoms. The van der Waals surface area contributed by atoms with Crippen molar-refractivity contribution in [3.63, 3.8) is 0 Å². The molecule has 0 saturated carbocycles. The Bertz CT molecular complexity index is 1100. The minimum absolute atomic E-state index is 0.138. The maximum atomic E-state index is 12.8. The predicted molar refractivity (Wildman–Crippen MR) is 139 cm³/mol. The summed E-state index contributed by atoms with van der Waals surface area (Å²) in [6.45, 7) is 5.17. The molecule has 0 aliphatic carbocycles. The van der Waals surface area contributed by atoms with Crippen molar-refractivity contribution in [2.24, 2.45) is 0 Å². The molecule has 1 saturated heterocycles. The Morgan fingerprint density at radius 2 is 1.56 bits per heavy atom. The van der Waals surface area contributed by atoms with Crippen LogP contribution in [-0.4, -0.2) is 51.2 Å². The van der Waals surface area contributed by atoms with Gasteiger partial charge in [-0.2, -0.15) is 0 Å². The fourth-order valence-electron chi connectivity index (χ4n) is 3.96. The van der Waals surface area contributed by atoms with Gasteiger partial charge in [0, 0.05) is 42.4 Å². The molecule has 3 aromatic carbocycles. The first-order valence-corrected chi connectivity index (χ1v) is 12.2. The number of hydrogen-bond acceptors (Lipinski definition) is 6. The van der Waals surface area contributed by atoms with Crippen LogP contribution >= 0.6 is 11.9 Å². The van der Waals surface area contributed by atoms with E-state index in [0.717, 1.165) is 37.4 Å². The number of rotatable bonds is 8. The molecule has 3 aromatic rings. The van der Waals surface area contributed by atoms with E-state index in [-0.39, 0.29) is 5.91 Å². The molecule has 0 unspecified atom stereocenters. The third-order valence-electron chi connectivity index (χ3n) is 5.98. The Labute approximate surface area is 206 Å². The standard InChI is InChI=1S/C27H31N3O3S/c1-20-4-11-24(12-5-20)34-28-22-7-9-23(10-8-22)29-14-16-30(17-15-29)27(31)19-21-6-13-25(32-2)26(18-21)33-3/h4-13,18,28H,14-17,19H2,1-3H3. The van der Waals surface area contributed by atoms with E-state index in [1.165, 1.54) is 16.1 Å². The van der Waals surface area contributed by atoms with Gasteiger partial charge in [0.15, 0.2) is 11.5 Å². The molecule has 0 radical (unpaired) electrons. The summed E-state index contributed by atoms with van der Waals surface area (Å²) in [4.78, 5) is 18.3. The number of piperazine rings is 1. The van der Waals surface area contributed by atoms with E-state index in [1.807, 2.05) is 23.1 Å². The van der Waals surface area contributed by atoms with Crippen molar-refractivity contribution in [2.75, 3.05) is 50.0 Å². The van der Waals surface area contributed by atoms with Gasteiger partial charge < -0.3 is 24.0 Å². The van der Waals surface area contributed by atoms with Crippen LogP contribution in [0.15, 0.2) is 71.6 Å². The van der Waals surface area contributed by atoms with E-state index in [1.54, 1.807) is 26.2 Å². The van der Waals surface area contributed by atoms with Crippen molar-refractivity contribution in [3.8, 4) is 11.5 Å². The van der Waals surface area contributed by atoms with Crippen LogP contribution < -0.4 is 19.1 Å². The first-order chi connectivity index (χ1) is 16.6. The number of nitrogens with zero attached hydrogens (tertiary/aromatic N) is 2. The van der Waals surface area contributed by atoms with Gasteiger partial charge >= 0.3 is 0 Å². The van der Waals surface area contributed by atoms with E-state index in [0.29, 0.717) is 17.9 Å². The first kappa shape index (κ1) is 23.8. The minimum atomic E-state index is 0.138. The molecule has 7 heteroatoms. The normalized spacial score (nSPS) is 13.5. The molecule has 1 N–H and O–H groups in total. The summed E-state index contributed by atoms with van der Waals surface area (Å²) in [6.07, 6.45) is 0.360. The lowest BCUT2D eigenvalue weighted by molar-refractivity contribution is -0.130. The Morgan fingerprint density at radius 3 is 2.21 bits per heavy atom. The highest BCUT2D eigenvalue weighted by atomic mass is 32.2. The van der Waals surface area contributed by atoms with E-state index < -0.39 is 0 Å². The zero-order valence-electron chi connectivity index (χ0n) is 19.9. The zero-order valence-corrected chi connectivity index (χ0v) is 20.7. The molecule has 1 fully saturated rings. The topological polar surface area (TPSA) is 54.0 Å². The number of aryl methyl sites for hydroxylation is 1. The van der Waals surface area contributed by atoms with Gasteiger partial charge in [0.1, 0.15) is 0 Å². The fourth-order valence-corrected chi connectivity index (χ4v) is 4.60. The minimum Gasteiger partial charge on any atom is -0.493 e. The molecular formula is C27H31N3O3S. The predicted octanol–water partition coefficient (Wildman–Crippen LogP) is 5.02. The van der Waals surface area contributed by atoms with Crippen LogP contribution in [-0.2, 0) is 11.2 Å². The van der Waals surface area contributed by atoms with Crippen molar-refractivity contribution >= 4 is 29.2 Å². The van der Waals surface area contributed by atoms with E-state index in [9.17, 15) is 4.79 Å². The largest absolute Gasteiger partial charge is 0.493 e. The Kier molecular flexibility index (Phi) is 7.85. The Hall–Kier alpha value is -3.32. The number of carbonyl (C=O) groups excluding carboxylic acids is 1. The fraction of sp³-hybridized carbons (Fsp3) is 0.296. The molecule has 0 spiro atoms. The second kappa shape index (κ2) is 11.2. The monoisotopic (exact) mass is 477 g/mol. The number of ether oxygens (including phenoxy) is 2. The highest BCUT2D eigenvalue weighted by molar-refractivity contribution is 8.00. The number of hydrogen-bond donors (Lipinski definition) is 1. The molecule has 4 rings (SSSR count). The van der Waals surface area contributed by atoms with Crippen LogP contribution in [0.3, 0.4) is 0 Å². The van der Waals surface area contributed by atoms with Crippen LogP contribution in [0, 0.1) is 6.92 Å². The van der Waals surface area contributed by atoms with Gasteiger partial charge in [0.2, 0.25) is 5.91 Å². The van der Waals surface area contributed by atoms with Crippen molar-refractivity contribution in [3.05, 3.63) is 77.9 Å². The number of amides is 1. The molecule has 178 valence electrons. The number of anilines is 2. The second-order valence-corrected chi connectivity index (χ2v) is 9.18. The zero-order chi connectivity index (χ0) is 23.9. The molecule has 6 nitrogen and oxygen atoms in total. The maximum Gasteiger partial charge on any atom is 0.227 e. The molecule has 0 aromatic heterocycles. The third-order valence-corrected chi connectivity index (χ3v) is 6.82. The first-order valence-electron chi connectivity index (χ1n) is 11.4. The van der Waals surface area contributed by atoms with Gasteiger partial charge in [-0.3, -0.25) is 4.79 Å². The molecule has 0 bridgehead atoms. The summed E-state index contributed by atoms with van der Waals surface area (Å²) < 4.78 is 14.0. The quantitative estimate of drug-likeness (QED) is 0.460. The number of carbonyl (C=O) groups is 1. The summed E-state index contributed by atoms with van der Waals surface area (Å²) in [7, 11) is 3.21. The van der Waals surface area contributed by atoms with Crippen LogP contribution in [0.5, 0.6) is 11.5 Å². The van der Waals surface area contributed by atoms with Gasteiger partial charge in [-0.15, -0.1) is 0 Å². The molecular weight excluding hydrogens is 446 g/mol. The van der Waals surface area contributed by atoms with Crippen molar-refractivity contribution in [1.29, 1.82) is 0 Å². The molecule has 1 heterocycles. The lowest BCUT2D eigenvalue weighted by Gasteiger charge is -2.36. The number of benzene rings is 3. The van der Waals surface area contributed by atoms with E-state index in [4.69, 9.17) is 9.47 Å². The summed E-state index contributed by atoms with van der Waals surface area (Å²) >= 11 is 1.61. The molecule has 1 amide bonds. The smallest absolute Gasteiger partial charge is 0.227 e. The van der Waals surface area contributed by atoms with Gasteiger partial charge in [-0.25, -0.2) is 0 Å². The molecule has 0 atom stereocenters. The second-order valence-electron chi connectivity index (χ2n) is 8.30. The number of methoxy groups -OCH3 is 2. The van der Waals surface area contributed by atoms with Crippen LogP contribution in [0.25, 0.3) is 0 Å². The Morgan fingerprint density at radius 1 is 0.882 bits per heavy atom. The summed E-state index contributed by atoms with van der Waals surface area (Å²) in [5.74, 6) is 1.45. The van der Waals surface area contributed by atoms with E-state index >= 15 is 0 Å². The summed E-state index contributed by atoms with van der Waals surface area (Å²) in [5, 5.41) is 0. The van der Waals surface area contributed by atoms with Gasteiger partial charge in [-0.1, -0.05) is 23.8 Å². The average molecular weight is 478 g/mol. The van der Waals surface area contributed by atoms with Crippen LogP contribution in [0.4, 0.5) is 11.4 Å². The van der Waals surface area contributed by atoms with Crippen molar-refractivity contribution in [2.45, 2.75) is 18.2 Å². The number of nitrogens with one attached hydrogen (secondary N) is 1. The lowest BCUT2D eigenvalue weighted by atomic mass is 10.1. The van der Waals surface area contributed by atoms with E-state index in [2.05, 4.69) is 65.1 Å². The van der Waals surface area contributed by atoms with Crippen molar-refractivity contribution in [1.82, 2.24) is 4.90 Å². The van der Waals surface area contributed by atoms with Crippen molar-refractivity contribution < 1.29 is 14.3 Å². The maximum absolute atomic E-state index is 12.8. The summed E-state index contributed by atoms with van der Waals surface area (Å²) in [5.41, 5.74) is 4.43. The van der Waals surface area contributed by atoms with Gasteiger partial charge in [0.25, 0.3) is 0 Å². The average Bonchev–Trinajstić information content (AvgIpc) is 2.88. The van der Waals surface area contributed by atoms with Gasteiger partial charge in [-0.05, 0) is 73.0 Å². The van der Waals surface area contributed by atoms with Gasteiger partial charge in [0.05, 0.1) is 20.6 Å². The molecule has 1 aliphatic heterocycles. The SMILES string of the molecule is COc1ccc(CC(=O)N2CCN(c3ccc(NSc4ccc(C)cc4)cc3)CC2)cc1OC. The van der Waals surface area contributed by atoms with Crippen LogP contribution in [0.2, 0.25) is 0 Å². The Balaban J connectivity index is 1.27. The highest BCUT2D eigenvalue weighted by Crippen LogP contribution is 2.28. The lowest BCUT2D eigenvalue weighted by Crippen LogP contribution is -2.49. The van der Waals surface area contributed by atoms with Crippen LogP contribution in [0.1, 0.15) is 11.1 Å².